The minimum atomic E-state index is -0.308. The average Bonchev–Trinajstić information content (AvgIpc) is 2.75. The van der Waals surface area contributed by atoms with Gasteiger partial charge < -0.3 is 10.1 Å². The number of carbonyl (C=O) groups is 2. The summed E-state index contributed by atoms with van der Waals surface area (Å²) < 4.78 is 5.88. The zero-order valence-electron chi connectivity index (χ0n) is 17.5. The van der Waals surface area contributed by atoms with Crippen molar-refractivity contribution in [2.45, 2.75) is 39.2 Å². The van der Waals surface area contributed by atoms with E-state index in [9.17, 15) is 9.59 Å². The van der Waals surface area contributed by atoms with Crippen LogP contribution in [0.1, 0.15) is 38.7 Å². The lowest BCUT2D eigenvalue weighted by Gasteiger charge is -2.35. The largest absolute Gasteiger partial charge is 0.449 e. The van der Waals surface area contributed by atoms with Gasteiger partial charge in [-0.25, -0.2) is 0 Å². The highest BCUT2D eigenvalue weighted by molar-refractivity contribution is 6.12. The van der Waals surface area contributed by atoms with E-state index in [-0.39, 0.29) is 30.2 Å². The summed E-state index contributed by atoms with van der Waals surface area (Å²) >= 11 is 0. The molecule has 5 heteroatoms. The molecule has 1 saturated carbocycles. The molecule has 0 radical (unpaired) electrons. The van der Waals surface area contributed by atoms with Crippen LogP contribution in [0.5, 0.6) is 5.75 Å². The third kappa shape index (κ3) is 4.25. The zero-order chi connectivity index (χ0) is 21.1. The van der Waals surface area contributed by atoms with Crippen molar-refractivity contribution < 1.29 is 14.3 Å². The van der Waals surface area contributed by atoms with E-state index in [1.165, 1.54) is 11.3 Å². The summed E-state index contributed by atoms with van der Waals surface area (Å²) in [5.41, 5.74) is 1.49. The summed E-state index contributed by atoms with van der Waals surface area (Å²) in [5, 5.41) is 3.17. The first-order valence-corrected chi connectivity index (χ1v) is 10.7. The molecule has 2 aromatic rings. The number of benzene rings is 2. The van der Waals surface area contributed by atoms with Crippen molar-refractivity contribution in [1.29, 1.82) is 0 Å². The number of nitrogens with one attached hydrogen (secondary N) is 1. The van der Waals surface area contributed by atoms with E-state index in [4.69, 9.17) is 4.74 Å². The molecule has 4 rings (SSSR count). The van der Waals surface area contributed by atoms with E-state index < -0.39 is 0 Å². The van der Waals surface area contributed by atoms with Gasteiger partial charge in [0.2, 0.25) is 5.91 Å². The van der Waals surface area contributed by atoms with Gasteiger partial charge in [0.1, 0.15) is 6.54 Å². The van der Waals surface area contributed by atoms with Crippen molar-refractivity contribution >= 4 is 23.6 Å². The molecule has 2 aliphatic rings. The molecule has 3 atom stereocenters. The number of amides is 2. The zero-order valence-corrected chi connectivity index (χ0v) is 17.5. The van der Waals surface area contributed by atoms with Crippen LogP contribution >= 0.6 is 0 Å². The van der Waals surface area contributed by atoms with E-state index in [1.54, 1.807) is 6.08 Å². The van der Waals surface area contributed by atoms with Crippen LogP contribution in [0.4, 0.5) is 5.69 Å². The van der Waals surface area contributed by atoms with Gasteiger partial charge in [0, 0.05) is 6.04 Å². The molecule has 0 saturated heterocycles. The molecular formula is C25H28N2O3. The summed E-state index contributed by atoms with van der Waals surface area (Å²) in [6.45, 7) is 4.42. The van der Waals surface area contributed by atoms with E-state index in [1.807, 2.05) is 54.6 Å². The fourth-order valence-electron chi connectivity index (χ4n) is 4.30. The molecule has 0 aromatic heterocycles. The van der Waals surface area contributed by atoms with Gasteiger partial charge in [0.05, 0.1) is 5.69 Å². The van der Waals surface area contributed by atoms with Crippen molar-refractivity contribution in [1.82, 2.24) is 5.32 Å². The Morgan fingerprint density at radius 1 is 1.10 bits per heavy atom. The van der Waals surface area contributed by atoms with Gasteiger partial charge in [0.25, 0.3) is 5.91 Å². The highest BCUT2D eigenvalue weighted by Crippen LogP contribution is 2.35. The van der Waals surface area contributed by atoms with Crippen LogP contribution in [0.2, 0.25) is 0 Å². The minimum absolute atomic E-state index is 0.0249. The molecule has 3 unspecified atom stereocenters. The monoisotopic (exact) mass is 404 g/mol. The van der Waals surface area contributed by atoms with Gasteiger partial charge in [-0.1, -0.05) is 69.2 Å². The smallest absolute Gasteiger partial charge is 0.294 e. The second-order valence-electron chi connectivity index (χ2n) is 8.32. The number of hydrogen-bond acceptors (Lipinski definition) is 3. The van der Waals surface area contributed by atoms with Crippen LogP contribution < -0.4 is 15.0 Å². The number of ether oxygens (including phenoxy) is 1. The van der Waals surface area contributed by atoms with Crippen molar-refractivity contribution in [3.8, 4) is 5.75 Å². The number of para-hydroxylation sites is 2. The standard InChI is InChI=1S/C25H28N2O3/c1-17-9-8-12-20(18(17)2)26-24(28)16-27-21-13-6-7-14-22(21)30-23(25(27)29)15-19-10-4-3-5-11-19/h3-7,10-11,13-15,17-18,20H,8-9,12,16H2,1-2H3,(H,26,28)/b23-15+. The first-order chi connectivity index (χ1) is 14.5. The summed E-state index contributed by atoms with van der Waals surface area (Å²) in [4.78, 5) is 27.6. The first-order valence-electron chi connectivity index (χ1n) is 10.7. The topological polar surface area (TPSA) is 58.6 Å². The maximum atomic E-state index is 13.2. The van der Waals surface area contributed by atoms with Crippen LogP contribution in [-0.4, -0.2) is 24.4 Å². The van der Waals surface area contributed by atoms with Crippen molar-refractivity contribution in [3.63, 3.8) is 0 Å². The molecule has 1 aliphatic carbocycles. The Bertz CT molecular complexity index is 954. The number of rotatable bonds is 4. The fourth-order valence-corrected chi connectivity index (χ4v) is 4.30. The molecule has 2 aromatic carbocycles. The molecule has 156 valence electrons. The maximum Gasteiger partial charge on any atom is 0.294 e. The van der Waals surface area contributed by atoms with Gasteiger partial charge in [-0.2, -0.15) is 0 Å². The van der Waals surface area contributed by atoms with Gasteiger partial charge in [0.15, 0.2) is 11.5 Å². The van der Waals surface area contributed by atoms with Crippen molar-refractivity contribution in [2.24, 2.45) is 11.8 Å². The molecular weight excluding hydrogens is 376 g/mol. The Balaban J connectivity index is 1.55. The highest BCUT2D eigenvalue weighted by atomic mass is 16.5. The molecule has 2 amide bonds. The number of anilines is 1. The van der Waals surface area contributed by atoms with Gasteiger partial charge >= 0.3 is 0 Å². The Morgan fingerprint density at radius 2 is 1.83 bits per heavy atom. The Labute approximate surface area is 177 Å². The predicted octanol–water partition coefficient (Wildman–Crippen LogP) is 4.39. The van der Waals surface area contributed by atoms with Crippen LogP contribution in [-0.2, 0) is 9.59 Å². The highest BCUT2D eigenvalue weighted by Gasteiger charge is 2.33. The molecule has 0 spiro atoms. The number of nitrogens with zero attached hydrogens (tertiary/aromatic N) is 1. The molecule has 0 bridgehead atoms. The number of carbonyl (C=O) groups excluding carboxylic acids is 2. The number of fused-ring (bicyclic) bond motifs is 1. The van der Waals surface area contributed by atoms with Gasteiger partial charge in [-0.05, 0) is 42.0 Å². The quantitative estimate of drug-likeness (QED) is 0.769. The summed E-state index contributed by atoms with van der Waals surface area (Å²) in [5.74, 6) is 1.38. The lowest BCUT2D eigenvalue weighted by Crippen LogP contribution is -2.49. The second kappa shape index (κ2) is 8.74. The molecule has 1 N–H and O–H groups in total. The molecule has 1 fully saturated rings. The molecule has 5 nitrogen and oxygen atoms in total. The van der Waals surface area contributed by atoms with Crippen LogP contribution in [0.25, 0.3) is 6.08 Å². The number of hydrogen-bond donors (Lipinski definition) is 1. The normalized spacial score (nSPS) is 24.9. The van der Waals surface area contributed by atoms with Gasteiger partial charge in [-0.15, -0.1) is 0 Å². The second-order valence-corrected chi connectivity index (χ2v) is 8.32. The Morgan fingerprint density at radius 3 is 2.63 bits per heavy atom. The summed E-state index contributed by atoms with van der Waals surface area (Å²) in [7, 11) is 0. The molecule has 1 heterocycles. The van der Waals surface area contributed by atoms with Gasteiger partial charge in [-0.3, -0.25) is 14.5 Å². The van der Waals surface area contributed by atoms with E-state index in [0.29, 0.717) is 23.3 Å². The lowest BCUT2D eigenvalue weighted by atomic mass is 9.78. The van der Waals surface area contributed by atoms with E-state index in [0.717, 1.165) is 18.4 Å². The summed E-state index contributed by atoms with van der Waals surface area (Å²) in [6.07, 6.45) is 5.04. The lowest BCUT2D eigenvalue weighted by molar-refractivity contribution is -0.124. The predicted molar refractivity (Wildman–Crippen MR) is 118 cm³/mol. The van der Waals surface area contributed by atoms with E-state index in [2.05, 4.69) is 19.2 Å². The van der Waals surface area contributed by atoms with Crippen LogP contribution in [0.3, 0.4) is 0 Å². The maximum absolute atomic E-state index is 13.2. The molecule has 30 heavy (non-hydrogen) atoms. The first kappa shape index (κ1) is 20.2. The molecule has 1 aliphatic heterocycles. The van der Waals surface area contributed by atoms with E-state index >= 15 is 0 Å². The minimum Gasteiger partial charge on any atom is -0.449 e. The fraction of sp³-hybridized carbons (Fsp3) is 0.360. The Kier molecular flexibility index (Phi) is 5.88. The van der Waals surface area contributed by atoms with Crippen LogP contribution in [0, 0.1) is 11.8 Å². The third-order valence-electron chi connectivity index (χ3n) is 6.28. The third-order valence-corrected chi connectivity index (χ3v) is 6.28. The van der Waals surface area contributed by atoms with Crippen molar-refractivity contribution in [2.75, 3.05) is 11.4 Å². The summed E-state index contributed by atoms with van der Waals surface area (Å²) in [6, 6.07) is 17.0. The Hall–Kier alpha value is -3.08. The van der Waals surface area contributed by atoms with Crippen molar-refractivity contribution in [3.05, 3.63) is 65.9 Å². The van der Waals surface area contributed by atoms with Crippen LogP contribution in [0.15, 0.2) is 60.4 Å². The SMILES string of the molecule is CC1CCCC(NC(=O)CN2C(=O)/C(=C\c3ccccc3)Oc3ccccc32)C1C. The average molecular weight is 405 g/mol.